The number of sulfonamides is 1. The van der Waals surface area contributed by atoms with E-state index in [-0.39, 0.29) is 4.90 Å². The summed E-state index contributed by atoms with van der Waals surface area (Å²) in [6.07, 6.45) is 1.66. The molecule has 158 valence electrons. The molecule has 0 saturated heterocycles. The Morgan fingerprint density at radius 1 is 1.07 bits per heavy atom. The smallest absolute Gasteiger partial charge is 0.242 e. The molecule has 0 radical (unpaired) electrons. The van der Waals surface area contributed by atoms with Crippen molar-refractivity contribution in [2.45, 2.75) is 4.90 Å². The quantitative estimate of drug-likeness (QED) is 0.420. The number of hydrazone groups is 1. The minimum atomic E-state index is -3.45. The van der Waals surface area contributed by atoms with Crippen LogP contribution in [0.2, 0.25) is 0 Å². The Balaban J connectivity index is 1.69. The van der Waals surface area contributed by atoms with E-state index in [2.05, 4.69) is 15.5 Å². The van der Waals surface area contributed by atoms with E-state index in [1.54, 1.807) is 44.7 Å². The molecular formula is C20H22N4O4S2. The Hall–Kier alpha value is -2.95. The van der Waals surface area contributed by atoms with E-state index in [9.17, 15) is 8.42 Å². The number of nitrogens with one attached hydrogen (secondary N) is 1. The Bertz CT molecular complexity index is 1140. The molecule has 0 aliphatic carbocycles. The van der Waals surface area contributed by atoms with Crippen LogP contribution < -0.4 is 14.9 Å². The second kappa shape index (κ2) is 9.24. The molecule has 0 aliphatic rings. The van der Waals surface area contributed by atoms with Gasteiger partial charge in [-0.1, -0.05) is 12.1 Å². The SMILES string of the molecule is COc1ccc(/C=N\Nc2nc(-c3ccc(S(=O)(=O)N(C)C)cc3)cs2)cc1OC. The van der Waals surface area contributed by atoms with Gasteiger partial charge in [0.05, 0.1) is 31.0 Å². The summed E-state index contributed by atoms with van der Waals surface area (Å²) in [4.78, 5) is 4.73. The van der Waals surface area contributed by atoms with Gasteiger partial charge in [-0.05, 0) is 35.9 Å². The van der Waals surface area contributed by atoms with Crippen LogP contribution in [0.25, 0.3) is 11.3 Å². The molecule has 0 bridgehead atoms. The summed E-state index contributed by atoms with van der Waals surface area (Å²) in [5.41, 5.74) is 5.30. The molecular weight excluding hydrogens is 424 g/mol. The summed E-state index contributed by atoms with van der Waals surface area (Å²) in [5.74, 6) is 1.27. The van der Waals surface area contributed by atoms with Crippen LogP contribution in [0.15, 0.2) is 57.8 Å². The normalized spacial score (nSPS) is 11.8. The average Bonchev–Trinajstić information content (AvgIpc) is 3.22. The molecule has 10 heteroatoms. The van der Waals surface area contributed by atoms with E-state index < -0.39 is 10.0 Å². The van der Waals surface area contributed by atoms with Gasteiger partial charge in [-0.25, -0.2) is 17.7 Å². The average molecular weight is 447 g/mol. The Labute approximate surface area is 179 Å². The fourth-order valence-corrected chi connectivity index (χ4v) is 4.13. The fraction of sp³-hybridized carbons (Fsp3) is 0.200. The molecule has 30 heavy (non-hydrogen) atoms. The maximum absolute atomic E-state index is 12.2. The number of anilines is 1. The fourth-order valence-electron chi connectivity index (χ4n) is 2.56. The predicted molar refractivity (Wildman–Crippen MR) is 119 cm³/mol. The lowest BCUT2D eigenvalue weighted by molar-refractivity contribution is 0.355. The number of methoxy groups -OCH3 is 2. The third-order valence-electron chi connectivity index (χ3n) is 4.21. The zero-order valence-corrected chi connectivity index (χ0v) is 18.6. The van der Waals surface area contributed by atoms with Crippen LogP contribution in [0.4, 0.5) is 5.13 Å². The van der Waals surface area contributed by atoms with E-state index in [1.165, 1.54) is 29.7 Å². The number of thiazole rings is 1. The van der Waals surface area contributed by atoms with Gasteiger partial charge in [-0.15, -0.1) is 11.3 Å². The lowest BCUT2D eigenvalue weighted by Gasteiger charge is -2.11. The maximum atomic E-state index is 12.2. The summed E-state index contributed by atoms with van der Waals surface area (Å²) >= 11 is 1.40. The van der Waals surface area contributed by atoms with Gasteiger partial charge in [0, 0.05) is 25.0 Å². The highest BCUT2D eigenvalue weighted by molar-refractivity contribution is 7.89. The third-order valence-corrected chi connectivity index (χ3v) is 6.79. The summed E-state index contributed by atoms with van der Waals surface area (Å²) in [6.45, 7) is 0. The van der Waals surface area contributed by atoms with E-state index in [0.29, 0.717) is 16.6 Å². The Morgan fingerprint density at radius 2 is 1.77 bits per heavy atom. The first-order valence-electron chi connectivity index (χ1n) is 8.84. The van der Waals surface area contributed by atoms with Crippen LogP contribution >= 0.6 is 11.3 Å². The first-order chi connectivity index (χ1) is 14.3. The molecule has 3 aromatic rings. The highest BCUT2D eigenvalue weighted by Crippen LogP contribution is 2.28. The van der Waals surface area contributed by atoms with Crippen molar-refractivity contribution in [3.63, 3.8) is 0 Å². The van der Waals surface area contributed by atoms with Crippen molar-refractivity contribution in [3.05, 3.63) is 53.4 Å². The summed E-state index contributed by atoms with van der Waals surface area (Å²) in [7, 11) is 2.72. The van der Waals surface area contributed by atoms with Crippen molar-refractivity contribution in [1.82, 2.24) is 9.29 Å². The van der Waals surface area contributed by atoms with Gasteiger partial charge in [-0.3, -0.25) is 5.43 Å². The standard InChI is InChI=1S/C20H22N4O4S2/c1-24(2)30(25,26)16-8-6-15(7-9-16)17-13-29-20(22-17)23-21-12-14-5-10-18(27-3)19(11-14)28-4/h5-13H,1-4H3,(H,22,23)/b21-12-. The number of aromatic nitrogens is 1. The summed E-state index contributed by atoms with van der Waals surface area (Å²) in [6, 6.07) is 12.1. The molecule has 1 N–H and O–H groups in total. The van der Waals surface area contributed by atoms with E-state index in [4.69, 9.17) is 9.47 Å². The number of hydrogen-bond acceptors (Lipinski definition) is 8. The van der Waals surface area contributed by atoms with Crippen molar-refractivity contribution in [2.75, 3.05) is 33.7 Å². The van der Waals surface area contributed by atoms with Crippen molar-refractivity contribution in [2.24, 2.45) is 5.10 Å². The monoisotopic (exact) mass is 446 g/mol. The number of ether oxygens (including phenoxy) is 2. The molecule has 0 amide bonds. The van der Waals surface area contributed by atoms with Crippen molar-refractivity contribution in [3.8, 4) is 22.8 Å². The summed E-state index contributed by atoms with van der Waals surface area (Å²) < 4.78 is 36.0. The molecule has 0 saturated carbocycles. The second-order valence-corrected chi connectivity index (χ2v) is 9.34. The predicted octanol–water partition coefficient (Wildman–Crippen LogP) is 3.52. The lowest BCUT2D eigenvalue weighted by atomic mass is 10.2. The van der Waals surface area contributed by atoms with Gasteiger partial charge >= 0.3 is 0 Å². The van der Waals surface area contributed by atoms with Crippen molar-refractivity contribution >= 4 is 32.7 Å². The van der Waals surface area contributed by atoms with Crippen LogP contribution in [-0.2, 0) is 10.0 Å². The molecule has 3 rings (SSSR count). The molecule has 1 heterocycles. The largest absolute Gasteiger partial charge is 0.493 e. The van der Waals surface area contributed by atoms with Gasteiger partial charge in [0.25, 0.3) is 0 Å². The van der Waals surface area contributed by atoms with Gasteiger partial charge in [0.1, 0.15) is 0 Å². The van der Waals surface area contributed by atoms with E-state index >= 15 is 0 Å². The first-order valence-corrected chi connectivity index (χ1v) is 11.2. The van der Waals surface area contributed by atoms with Crippen molar-refractivity contribution < 1.29 is 17.9 Å². The molecule has 0 spiro atoms. The summed E-state index contributed by atoms with van der Waals surface area (Å²) in [5, 5.41) is 6.70. The molecule has 0 unspecified atom stereocenters. The highest BCUT2D eigenvalue weighted by Gasteiger charge is 2.17. The molecule has 8 nitrogen and oxygen atoms in total. The van der Waals surface area contributed by atoms with Crippen LogP contribution in [0.1, 0.15) is 5.56 Å². The molecule has 0 fully saturated rings. The van der Waals surface area contributed by atoms with Gasteiger partial charge in [-0.2, -0.15) is 5.10 Å². The zero-order chi connectivity index (χ0) is 21.7. The topological polar surface area (TPSA) is 93.1 Å². The van der Waals surface area contributed by atoms with Crippen molar-refractivity contribution in [1.29, 1.82) is 0 Å². The Morgan fingerprint density at radius 3 is 2.40 bits per heavy atom. The molecule has 0 atom stereocenters. The van der Waals surface area contributed by atoms with E-state index in [1.807, 2.05) is 23.6 Å². The number of benzene rings is 2. The zero-order valence-electron chi connectivity index (χ0n) is 17.0. The molecule has 0 aliphatic heterocycles. The minimum Gasteiger partial charge on any atom is -0.493 e. The van der Waals surface area contributed by atoms with E-state index in [0.717, 1.165) is 16.8 Å². The number of rotatable bonds is 8. The number of hydrogen-bond donors (Lipinski definition) is 1. The van der Waals surface area contributed by atoms with Gasteiger partial charge in [0.2, 0.25) is 15.2 Å². The molecule has 2 aromatic carbocycles. The lowest BCUT2D eigenvalue weighted by Crippen LogP contribution is -2.22. The minimum absolute atomic E-state index is 0.240. The van der Waals surface area contributed by atoms with Gasteiger partial charge < -0.3 is 9.47 Å². The second-order valence-electron chi connectivity index (χ2n) is 6.33. The molecule has 1 aromatic heterocycles. The van der Waals surface area contributed by atoms with Crippen LogP contribution in [-0.4, -0.2) is 52.2 Å². The Kier molecular flexibility index (Phi) is 6.70. The van der Waals surface area contributed by atoms with Crippen LogP contribution in [0.3, 0.4) is 0 Å². The third kappa shape index (κ3) is 4.78. The van der Waals surface area contributed by atoms with Crippen LogP contribution in [0, 0.1) is 0 Å². The van der Waals surface area contributed by atoms with Crippen LogP contribution in [0.5, 0.6) is 11.5 Å². The highest BCUT2D eigenvalue weighted by atomic mass is 32.2. The van der Waals surface area contributed by atoms with Gasteiger partial charge in [0.15, 0.2) is 11.5 Å². The number of nitrogens with zero attached hydrogens (tertiary/aromatic N) is 3. The first kappa shape index (κ1) is 21.8. The maximum Gasteiger partial charge on any atom is 0.242 e.